The third-order valence-corrected chi connectivity index (χ3v) is 3.81. The predicted octanol–water partition coefficient (Wildman–Crippen LogP) is 5.96. The number of fused-ring (bicyclic) bond motifs is 1. The molecule has 0 aromatic heterocycles. The first-order valence-corrected chi connectivity index (χ1v) is 7.58. The molecule has 0 heterocycles. The molecule has 0 atom stereocenters. The molecule has 0 saturated carbocycles. The molecule has 3 rings (SSSR count). The average Bonchev–Trinajstić information content (AvgIpc) is 2.59. The summed E-state index contributed by atoms with van der Waals surface area (Å²) >= 11 is 0. The van der Waals surface area contributed by atoms with Gasteiger partial charge in [-0.1, -0.05) is 67.6 Å². The smallest absolute Gasteiger partial charge is 0.0654 e. The van der Waals surface area contributed by atoms with Gasteiger partial charge in [-0.05, 0) is 47.2 Å². The van der Waals surface area contributed by atoms with Gasteiger partial charge in [0.1, 0.15) is 0 Å². The lowest BCUT2D eigenvalue weighted by Crippen LogP contribution is -1.84. The van der Waals surface area contributed by atoms with Gasteiger partial charge in [-0.15, -0.1) is 0 Å². The van der Waals surface area contributed by atoms with Crippen LogP contribution in [0.25, 0.3) is 27.6 Å². The van der Waals surface area contributed by atoms with Gasteiger partial charge < -0.3 is 0 Å². The van der Waals surface area contributed by atoms with Crippen molar-refractivity contribution < 1.29 is 0 Å². The van der Waals surface area contributed by atoms with Crippen LogP contribution < -0.4 is 0 Å². The Kier molecular flexibility index (Phi) is 4.15. The quantitative estimate of drug-likeness (QED) is 0.524. The normalized spacial score (nSPS) is 11.6. The Morgan fingerprint density at radius 3 is 2.45 bits per heavy atom. The molecule has 0 radical (unpaired) electrons. The second-order valence-electron chi connectivity index (χ2n) is 5.30. The number of aliphatic imine (C=N–C) groups is 1. The van der Waals surface area contributed by atoms with E-state index in [0.717, 1.165) is 17.7 Å². The Morgan fingerprint density at radius 2 is 1.68 bits per heavy atom. The summed E-state index contributed by atoms with van der Waals surface area (Å²) in [6, 6.07) is 23.5. The summed E-state index contributed by atoms with van der Waals surface area (Å²) in [6.07, 6.45) is 3.06. The molecule has 3 aromatic rings. The van der Waals surface area contributed by atoms with Crippen LogP contribution in [0.4, 0.5) is 0 Å². The molecule has 0 aliphatic heterocycles. The molecule has 0 unspecified atom stereocenters. The Hall–Kier alpha value is -2.67. The third-order valence-electron chi connectivity index (χ3n) is 3.81. The topological polar surface area (TPSA) is 12.4 Å². The number of benzene rings is 3. The van der Waals surface area contributed by atoms with Crippen LogP contribution in [0.2, 0.25) is 0 Å². The summed E-state index contributed by atoms with van der Waals surface area (Å²) < 4.78 is 0. The summed E-state index contributed by atoms with van der Waals surface area (Å²) in [5, 5.41) is 2.53. The Labute approximate surface area is 131 Å². The van der Waals surface area contributed by atoms with E-state index in [0.29, 0.717) is 0 Å². The fourth-order valence-corrected chi connectivity index (χ4v) is 2.69. The van der Waals surface area contributed by atoms with Crippen molar-refractivity contribution in [2.45, 2.75) is 13.3 Å². The summed E-state index contributed by atoms with van der Waals surface area (Å²) in [5.41, 5.74) is 4.49. The minimum atomic E-state index is 0.949. The van der Waals surface area contributed by atoms with Crippen LogP contribution in [-0.2, 0) is 0 Å². The van der Waals surface area contributed by atoms with Gasteiger partial charge in [0.2, 0.25) is 0 Å². The second kappa shape index (κ2) is 6.40. The molecule has 0 aliphatic rings. The molecule has 0 bridgehead atoms. The van der Waals surface area contributed by atoms with Crippen LogP contribution in [0.15, 0.2) is 77.8 Å². The molecule has 3 aromatic carbocycles. The average molecular weight is 285 g/mol. The molecule has 22 heavy (non-hydrogen) atoms. The number of hydrogen-bond donors (Lipinski definition) is 0. The number of nitrogens with zero attached hydrogens (tertiary/aromatic N) is 1. The van der Waals surface area contributed by atoms with Gasteiger partial charge in [-0.3, -0.25) is 4.99 Å². The molecule has 1 heteroatoms. The van der Waals surface area contributed by atoms with E-state index in [9.17, 15) is 0 Å². The zero-order valence-electron chi connectivity index (χ0n) is 12.8. The van der Waals surface area contributed by atoms with Crippen molar-refractivity contribution >= 4 is 23.2 Å². The molecule has 0 saturated heterocycles. The molecule has 108 valence electrons. The van der Waals surface area contributed by atoms with Crippen molar-refractivity contribution in [1.82, 2.24) is 0 Å². The van der Waals surface area contributed by atoms with Crippen LogP contribution in [0.5, 0.6) is 0 Å². The van der Waals surface area contributed by atoms with Crippen molar-refractivity contribution in [3.63, 3.8) is 0 Å². The minimum Gasteiger partial charge on any atom is -0.264 e. The van der Waals surface area contributed by atoms with E-state index in [1.165, 1.54) is 21.9 Å². The highest BCUT2D eigenvalue weighted by atomic mass is 14.7. The monoisotopic (exact) mass is 285 g/mol. The van der Waals surface area contributed by atoms with Gasteiger partial charge >= 0.3 is 0 Å². The van der Waals surface area contributed by atoms with E-state index in [4.69, 9.17) is 0 Å². The van der Waals surface area contributed by atoms with E-state index in [1.54, 1.807) is 0 Å². The Balaban J connectivity index is 2.07. The van der Waals surface area contributed by atoms with Crippen LogP contribution in [0.3, 0.4) is 0 Å². The largest absolute Gasteiger partial charge is 0.264 e. The maximum Gasteiger partial charge on any atom is 0.0654 e. The van der Waals surface area contributed by atoms with Gasteiger partial charge in [0.05, 0.1) is 5.70 Å². The van der Waals surface area contributed by atoms with Gasteiger partial charge in [0.25, 0.3) is 0 Å². The molecule has 0 N–H and O–H groups in total. The lowest BCUT2D eigenvalue weighted by Gasteiger charge is -2.07. The van der Waals surface area contributed by atoms with Gasteiger partial charge in [0, 0.05) is 5.56 Å². The lowest BCUT2D eigenvalue weighted by atomic mass is 9.99. The Morgan fingerprint density at radius 1 is 0.909 bits per heavy atom. The van der Waals surface area contributed by atoms with Crippen molar-refractivity contribution in [3.8, 4) is 11.1 Å². The maximum atomic E-state index is 4.14. The van der Waals surface area contributed by atoms with Crippen LogP contribution in [-0.4, -0.2) is 6.72 Å². The summed E-state index contributed by atoms with van der Waals surface area (Å²) in [5.74, 6) is 0. The van der Waals surface area contributed by atoms with Crippen molar-refractivity contribution in [3.05, 3.63) is 78.4 Å². The fraction of sp³-hybridized carbons (Fsp3) is 0.0952. The molecular weight excluding hydrogens is 266 g/mol. The second-order valence-corrected chi connectivity index (χ2v) is 5.30. The van der Waals surface area contributed by atoms with Crippen molar-refractivity contribution in [2.75, 3.05) is 0 Å². The zero-order valence-corrected chi connectivity index (χ0v) is 12.8. The van der Waals surface area contributed by atoms with Crippen LogP contribution >= 0.6 is 0 Å². The van der Waals surface area contributed by atoms with E-state index < -0.39 is 0 Å². The van der Waals surface area contributed by atoms with Crippen molar-refractivity contribution in [1.29, 1.82) is 0 Å². The van der Waals surface area contributed by atoms with Gasteiger partial charge in [0.15, 0.2) is 0 Å². The molecule has 0 fully saturated rings. The zero-order chi connectivity index (χ0) is 15.4. The van der Waals surface area contributed by atoms with E-state index in [1.807, 2.05) is 0 Å². The highest BCUT2D eigenvalue weighted by Crippen LogP contribution is 2.27. The number of rotatable bonds is 4. The molecular formula is C21H19N. The number of hydrogen-bond acceptors (Lipinski definition) is 1. The summed E-state index contributed by atoms with van der Waals surface area (Å²) in [4.78, 5) is 4.14. The standard InChI is InChI=1S/C21H19N/c1-3-7-21(22-2)20-11-6-10-18(15-20)19-13-12-16-8-4-5-9-17(16)14-19/h4-15H,2-3H2,1H3/b21-7-. The predicted molar refractivity (Wildman–Crippen MR) is 97.2 cm³/mol. The summed E-state index contributed by atoms with van der Waals surface area (Å²) in [6.45, 7) is 5.79. The summed E-state index contributed by atoms with van der Waals surface area (Å²) in [7, 11) is 0. The fourth-order valence-electron chi connectivity index (χ4n) is 2.69. The lowest BCUT2D eigenvalue weighted by molar-refractivity contribution is 1.22. The molecule has 0 aliphatic carbocycles. The maximum absolute atomic E-state index is 4.14. The van der Waals surface area contributed by atoms with Crippen LogP contribution in [0, 0.1) is 0 Å². The Bertz CT molecular complexity index is 843. The first-order chi connectivity index (χ1) is 10.8. The van der Waals surface area contributed by atoms with E-state index in [-0.39, 0.29) is 0 Å². The number of allylic oxidation sites excluding steroid dienone is 1. The highest BCUT2D eigenvalue weighted by Gasteiger charge is 2.03. The highest BCUT2D eigenvalue weighted by molar-refractivity contribution is 5.87. The van der Waals surface area contributed by atoms with E-state index in [2.05, 4.69) is 91.4 Å². The van der Waals surface area contributed by atoms with Crippen molar-refractivity contribution in [2.24, 2.45) is 4.99 Å². The first kappa shape index (κ1) is 14.3. The van der Waals surface area contributed by atoms with E-state index >= 15 is 0 Å². The third kappa shape index (κ3) is 2.84. The minimum absolute atomic E-state index is 0.949. The molecule has 0 amide bonds. The molecule has 1 nitrogen and oxygen atoms in total. The van der Waals surface area contributed by atoms with Crippen LogP contribution in [0.1, 0.15) is 18.9 Å². The first-order valence-electron chi connectivity index (χ1n) is 7.58. The SMILES string of the molecule is C=N/C(=C\CC)c1cccc(-c2ccc3ccccc3c2)c1. The molecule has 0 spiro atoms. The van der Waals surface area contributed by atoms with Gasteiger partial charge in [-0.25, -0.2) is 0 Å². The van der Waals surface area contributed by atoms with Gasteiger partial charge in [-0.2, -0.15) is 0 Å².